The maximum absolute atomic E-state index is 12.3. The average Bonchev–Trinajstić information content (AvgIpc) is 3.04. The highest BCUT2D eigenvalue weighted by molar-refractivity contribution is 5.76. The lowest BCUT2D eigenvalue weighted by molar-refractivity contribution is -0.132. The van der Waals surface area contributed by atoms with Crippen LogP contribution in [0, 0.1) is 20.8 Å². The minimum atomic E-state index is 0.159. The molecule has 0 bridgehead atoms. The Morgan fingerprint density at radius 1 is 1.38 bits per heavy atom. The molecule has 2 aromatic heterocycles. The number of aromatic nitrogens is 3. The minimum Gasteiger partial charge on any atom is -0.364 e. The Morgan fingerprint density at radius 3 is 2.90 bits per heavy atom. The molecule has 1 aliphatic heterocycles. The molecule has 0 saturated carbocycles. The van der Waals surface area contributed by atoms with E-state index in [1.807, 2.05) is 23.4 Å². The monoisotopic (exact) mass is 288 g/mol. The largest absolute Gasteiger partial charge is 0.364 e. The van der Waals surface area contributed by atoms with E-state index in [-0.39, 0.29) is 5.91 Å². The molecule has 6 nitrogen and oxygen atoms in total. The van der Waals surface area contributed by atoms with E-state index in [1.54, 1.807) is 6.26 Å². The van der Waals surface area contributed by atoms with Crippen molar-refractivity contribution in [2.75, 3.05) is 6.54 Å². The molecule has 0 unspecified atom stereocenters. The molecule has 0 atom stereocenters. The Labute approximate surface area is 123 Å². The van der Waals surface area contributed by atoms with Gasteiger partial charge in [-0.3, -0.25) is 9.48 Å². The van der Waals surface area contributed by atoms with Crippen LogP contribution in [0.15, 0.2) is 10.8 Å². The van der Waals surface area contributed by atoms with Crippen molar-refractivity contribution in [3.63, 3.8) is 0 Å². The van der Waals surface area contributed by atoms with Gasteiger partial charge in [-0.15, -0.1) is 0 Å². The van der Waals surface area contributed by atoms with Crippen molar-refractivity contribution in [3.8, 4) is 0 Å². The van der Waals surface area contributed by atoms with Gasteiger partial charge in [0.2, 0.25) is 5.91 Å². The van der Waals surface area contributed by atoms with Crippen LogP contribution < -0.4 is 0 Å². The second-order valence-corrected chi connectivity index (χ2v) is 5.62. The fraction of sp³-hybridized carbons (Fsp3) is 0.533. The number of amides is 1. The number of fused-ring (bicyclic) bond motifs is 1. The van der Waals surface area contributed by atoms with Crippen LogP contribution in [0.4, 0.5) is 0 Å². The minimum absolute atomic E-state index is 0.159. The van der Waals surface area contributed by atoms with E-state index in [0.717, 1.165) is 29.1 Å². The van der Waals surface area contributed by atoms with Crippen LogP contribution in [0.3, 0.4) is 0 Å². The van der Waals surface area contributed by atoms with Crippen molar-refractivity contribution in [1.29, 1.82) is 0 Å². The smallest absolute Gasteiger partial charge is 0.224 e. The van der Waals surface area contributed by atoms with Crippen molar-refractivity contribution >= 4 is 5.91 Å². The van der Waals surface area contributed by atoms with Gasteiger partial charge >= 0.3 is 0 Å². The van der Waals surface area contributed by atoms with Gasteiger partial charge in [-0.1, -0.05) is 5.16 Å². The molecule has 1 amide bonds. The zero-order chi connectivity index (χ0) is 15.0. The Morgan fingerprint density at radius 2 is 2.19 bits per heavy atom. The number of hydrogen-bond acceptors (Lipinski definition) is 4. The molecule has 2 aromatic rings. The summed E-state index contributed by atoms with van der Waals surface area (Å²) in [5.74, 6) is 0.159. The third-order valence-corrected chi connectivity index (χ3v) is 4.34. The molecule has 3 heterocycles. The summed E-state index contributed by atoms with van der Waals surface area (Å²) in [4.78, 5) is 14.2. The number of carbonyl (C=O) groups excluding carboxylic acids is 1. The van der Waals surface area contributed by atoms with Crippen LogP contribution in [0.2, 0.25) is 0 Å². The van der Waals surface area contributed by atoms with Gasteiger partial charge < -0.3 is 9.42 Å². The second-order valence-electron chi connectivity index (χ2n) is 5.62. The molecule has 6 heteroatoms. The number of carbonyl (C=O) groups is 1. The molecule has 0 fully saturated rings. The third-order valence-electron chi connectivity index (χ3n) is 4.34. The van der Waals surface area contributed by atoms with Crippen LogP contribution in [0.1, 0.15) is 34.6 Å². The van der Waals surface area contributed by atoms with Gasteiger partial charge in [0.05, 0.1) is 17.9 Å². The molecule has 0 spiro atoms. The Bertz CT molecular complexity index is 671. The first-order valence-corrected chi connectivity index (χ1v) is 7.26. The summed E-state index contributed by atoms with van der Waals surface area (Å²) in [5, 5.41) is 8.42. The maximum Gasteiger partial charge on any atom is 0.224 e. The lowest BCUT2D eigenvalue weighted by Crippen LogP contribution is -2.36. The third kappa shape index (κ3) is 2.57. The van der Waals surface area contributed by atoms with Crippen molar-refractivity contribution in [2.24, 2.45) is 0 Å². The Hall–Kier alpha value is -2.11. The second kappa shape index (κ2) is 5.35. The van der Waals surface area contributed by atoms with Crippen LogP contribution >= 0.6 is 0 Å². The van der Waals surface area contributed by atoms with E-state index in [2.05, 4.69) is 17.2 Å². The van der Waals surface area contributed by atoms with Crippen molar-refractivity contribution < 1.29 is 9.32 Å². The first-order valence-electron chi connectivity index (χ1n) is 7.26. The standard InChI is InChI=1S/C15H20N4O2/c1-10-11(2)16-19(12(10)3)7-5-15(20)18-6-4-14-13(8-18)9-21-17-14/h9H,4-8H2,1-3H3. The van der Waals surface area contributed by atoms with Crippen molar-refractivity contribution in [2.45, 2.75) is 46.7 Å². The predicted molar refractivity (Wildman–Crippen MR) is 76.7 cm³/mol. The van der Waals surface area contributed by atoms with Gasteiger partial charge in [0, 0.05) is 37.2 Å². The first kappa shape index (κ1) is 13.9. The SMILES string of the molecule is Cc1nn(CCC(=O)N2CCc3nocc3C2)c(C)c1C. The fourth-order valence-corrected chi connectivity index (χ4v) is 2.72. The summed E-state index contributed by atoms with van der Waals surface area (Å²) in [6.07, 6.45) is 2.89. The Kier molecular flexibility index (Phi) is 3.53. The number of nitrogens with zero attached hydrogens (tertiary/aromatic N) is 4. The van der Waals surface area contributed by atoms with Crippen molar-refractivity contribution in [1.82, 2.24) is 19.8 Å². The summed E-state index contributed by atoms with van der Waals surface area (Å²) < 4.78 is 6.88. The molecule has 3 rings (SSSR count). The van der Waals surface area contributed by atoms with Gasteiger partial charge in [-0.2, -0.15) is 5.10 Å². The molecule has 1 aliphatic rings. The summed E-state index contributed by atoms with van der Waals surface area (Å²) in [5.41, 5.74) is 5.38. The molecule has 0 aliphatic carbocycles. The maximum atomic E-state index is 12.3. The highest BCUT2D eigenvalue weighted by Crippen LogP contribution is 2.18. The predicted octanol–water partition coefficient (Wildman–Crippen LogP) is 1.77. The topological polar surface area (TPSA) is 64.2 Å². The van der Waals surface area contributed by atoms with E-state index in [9.17, 15) is 4.79 Å². The zero-order valence-corrected chi connectivity index (χ0v) is 12.7. The summed E-state index contributed by atoms with van der Waals surface area (Å²) in [6, 6.07) is 0. The van der Waals surface area contributed by atoms with E-state index in [1.165, 1.54) is 5.56 Å². The van der Waals surface area contributed by atoms with Gasteiger partial charge in [0.25, 0.3) is 0 Å². The van der Waals surface area contributed by atoms with Gasteiger partial charge in [-0.25, -0.2) is 0 Å². The number of aryl methyl sites for hydroxylation is 2. The lowest BCUT2D eigenvalue weighted by atomic mass is 10.1. The van der Waals surface area contributed by atoms with E-state index in [0.29, 0.717) is 26.1 Å². The zero-order valence-electron chi connectivity index (χ0n) is 12.7. The molecule has 112 valence electrons. The van der Waals surface area contributed by atoms with Crippen LogP contribution in [0.5, 0.6) is 0 Å². The molecule has 0 saturated heterocycles. The van der Waals surface area contributed by atoms with E-state index < -0.39 is 0 Å². The van der Waals surface area contributed by atoms with Gasteiger partial charge in [0.1, 0.15) is 6.26 Å². The Balaban J connectivity index is 1.61. The highest BCUT2D eigenvalue weighted by Gasteiger charge is 2.23. The van der Waals surface area contributed by atoms with Crippen LogP contribution in [0.25, 0.3) is 0 Å². The van der Waals surface area contributed by atoms with Crippen LogP contribution in [-0.2, 0) is 24.3 Å². The van der Waals surface area contributed by atoms with E-state index >= 15 is 0 Å². The number of hydrogen-bond donors (Lipinski definition) is 0. The van der Waals surface area contributed by atoms with Crippen molar-refractivity contribution in [3.05, 3.63) is 34.5 Å². The quantitative estimate of drug-likeness (QED) is 0.863. The van der Waals surface area contributed by atoms with Crippen LogP contribution in [-0.4, -0.2) is 32.3 Å². The first-order chi connectivity index (χ1) is 10.1. The molecule has 0 radical (unpaired) electrons. The lowest BCUT2D eigenvalue weighted by Gasteiger charge is -2.25. The summed E-state index contributed by atoms with van der Waals surface area (Å²) in [6.45, 7) is 8.06. The normalized spacial score (nSPS) is 14.3. The summed E-state index contributed by atoms with van der Waals surface area (Å²) in [7, 11) is 0. The molecule has 0 aromatic carbocycles. The molecule has 21 heavy (non-hydrogen) atoms. The fourth-order valence-electron chi connectivity index (χ4n) is 2.72. The molecular weight excluding hydrogens is 268 g/mol. The number of rotatable bonds is 3. The molecular formula is C15H20N4O2. The van der Waals surface area contributed by atoms with Gasteiger partial charge in [-0.05, 0) is 26.3 Å². The van der Waals surface area contributed by atoms with Gasteiger partial charge in [0.15, 0.2) is 0 Å². The highest BCUT2D eigenvalue weighted by atomic mass is 16.5. The molecule has 0 N–H and O–H groups in total. The average molecular weight is 288 g/mol. The van der Waals surface area contributed by atoms with E-state index in [4.69, 9.17) is 4.52 Å². The summed E-state index contributed by atoms with van der Waals surface area (Å²) >= 11 is 0.